The lowest BCUT2D eigenvalue weighted by Crippen LogP contribution is -2.36. The highest BCUT2D eigenvalue weighted by molar-refractivity contribution is 7.91. The van der Waals surface area contributed by atoms with Crippen LogP contribution in [-0.2, 0) is 23.0 Å². The molecule has 0 amide bonds. The lowest BCUT2D eigenvalue weighted by Gasteiger charge is -2.26. The normalized spacial score (nSPS) is 16.1. The van der Waals surface area contributed by atoms with Crippen molar-refractivity contribution in [1.82, 2.24) is 14.3 Å². The van der Waals surface area contributed by atoms with Gasteiger partial charge in [-0.15, -0.1) is 11.3 Å². The molecule has 0 radical (unpaired) electrons. The average molecular weight is 310 g/mol. The number of sulfonamides is 1. The third-order valence-electron chi connectivity index (χ3n) is 3.24. The fraction of sp³-hybridized carbons (Fsp3) is 0.333. The van der Waals surface area contributed by atoms with E-state index in [4.69, 9.17) is 5.73 Å². The van der Waals surface area contributed by atoms with Crippen molar-refractivity contribution in [2.45, 2.75) is 24.1 Å². The first-order valence-electron chi connectivity index (χ1n) is 6.13. The zero-order chi connectivity index (χ0) is 14.3. The molecule has 6 nitrogen and oxygen atoms in total. The van der Waals surface area contributed by atoms with E-state index >= 15 is 0 Å². The monoisotopic (exact) mass is 310 g/mol. The molecule has 0 spiro atoms. The first-order chi connectivity index (χ1) is 9.46. The lowest BCUT2D eigenvalue weighted by atomic mass is 10.1. The van der Waals surface area contributed by atoms with Crippen LogP contribution in [0, 0.1) is 6.92 Å². The van der Waals surface area contributed by atoms with Crippen molar-refractivity contribution in [3.63, 3.8) is 0 Å². The number of anilines is 1. The highest BCUT2D eigenvalue weighted by atomic mass is 32.2. The molecule has 0 bridgehead atoms. The topological polar surface area (TPSA) is 89.2 Å². The maximum Gasteiger partial charge on any atom is 0.252 e. The number of nitrogens with two attached hydrogens (primary N) is 1. The molecular formula is C12H14N4O2S2. The van der Waals surface area contributed by atoms with Crippen LogP contribution < -0.4 is 5.73 Å². The molecule has 0 aromatic carbocycles. The summed E-state index contributed by atoms with van der Waals surface area (Å²) < 4.78 is 26.9. The van der Waals surface area contributed by atoms with Gasteiger partial charge in [0.15, 0.2) is 0 Å². The summed E-state index contributed by atoms with van der Waals surface area (Å²) in [6, 6.07) is 3.47. The van der Waals surface area contributed by atoms with Crippen LogP contribution >= 0.6 is 11.3 Å². The summed E-state index contributed by atoms with van der Waals surface area (Å²) in [4.78, 5) is 9.06. The summed E-state index contributed by atoms with van der Waals surface area (Å²) in [7, 11) is -3.45. The standard InChI is InChI=1S/C12H14N4O2S2/c1-8-2-3-11(19-8)20(17,18)16-5-4-9-6-14-12(13)15-10(9)7-16/h2-3,6H,4-5,7H2,1H3,(H2,13,14,15). The third kappa shape index (κ3) is 2.30. The van der Waals surface area contributed by atoms with Crippen LogP contribution in [0.25, 0.3) is 0 Å². The first kappa shape index (κ1) is 13.5. The van der Waals surface area contributed by atoms with Gasteiger partial charge in [-0.1, -0.05) is 0 Å². The Morgan fingerprint density at radius 1 is 1.40 bits per heavy atom. The highest BCUT2D eigenvalue weighted by Crippen LogP contribution is 2.28. The van der Waals surface area contributed by atoms with Crippen LogP contribution in [0.4, 0.5) is 5.95 Å². The first-order valence-corrected chi connectivity index (χ1v) is 8.39. The minimum atomic E-state index is -3.45. The van der Waals surface area contributed by atoms with Gasteiger partial charge in [-0.2, -0.15) is 4.31 Å². The summed E-state index contributed by atoms with van der Waals surface area (Å²) in [6.07, 6.45) is 2.29. The minimum Gasteiger partial charge on any atom is -0.368 e. The molecule has 2 N–H and O–H groups in total. The van der Waals surface area contributed by atoms with Gasteiger partial charge in [-0.05, 0) is 31.0 Å². The van der Waals surface area contributed by atoms with Gasteiger partial charge in [0.25, 0.3) is 10.0 Å². The van der Waals surface area contributed by atoms with Crippen LogP contribution in [0.3, 0.4) is 0 Å². The molecule has 2 aromatic heterocycles. The molecule has 106 valence electrons. The molecule has 2 aromatic rings. The second-order valence-electron chi connectivity index (χ2n) is 4.65. The maximum absolute atomic E-state index is 12.6. The lowest BCUT2D eigenvalue weighted by molar-refractivity contribution is 0.386. The van der Waals surface area contributed by atoms with Gasteiger partial charge >= 0.3 is 0 Å². The van der Waals surface area contributed by atoms with E-state index in [0.717, 1.165) is 10.4 Å². The molecule has 8 heteroatoms. The number of fused-ring (bicyclic) bond motifs is 1. The Morgan fingerprint density at radius 3 is 2.90 bits per heavy atom. The quantitative estimate of drug-likeness (QED) is 0.899. The molecule has 1 aliphatic rings. The Kier molecular flexibility index (Phi) is 3.23. The van der Waals surface area contributed by atoms with Crippen molar-refractivity contribution in [1.29, 1.82) is 0 Å². The molecule has 0 unspecified atom stereocenters. The van der Waals surface area contributed by atoms with E-state index < -0.39 is 10.0 Å². The van der Waals surface area contributed by atoms with Gasteiger partial charge in [-0.25, -0.2) is 18.4 Å². The number of aromatic nitrogens is 2. The van der Waals surface area contributed by atoms with E-state index in [0.29, 0.717) is 22.9 Å². The Hall–Kier alpha value is -1.51. The van der Waals surface area contributed by atoms with E-state index in [-0.39, 0.29) is 12.5 Å². The van der Waals surface area contributed by atoms with Crippen LogP contribution in [-0.4, -0.2) is 29.2 Å². The molecule has 0 fully saturated rings. The number of hydrogen-bond acceptors (Lipinski definition) is 6. The van der Waals surface area contributed by atoms with E-state index in [1.807, 2.05) is 13.0 Å². The predicted molar refractivity (Wildman–Crippen MR) is 76.8 cm³/mol. The summed E-state index contributed by atoms with van der Waals surface area (Å²) >= 11 is 1.29. The largest absolute Gasteiger partial charge is 0.368 e. The SMILES string of the molecule is Cc1ccc(S(=O)(=O)N2CCc3cnc(N)nc3C2)s1. The third-order valence-corrected chi connectivity index (χ3v) is 6.55. The van der Waals surface area contributed by atoms with Crippen LogP contribution in [0.1, 0.15) is 16.1 Å². The van der Waals surface area contributed by atoms with Crippen molar-refractivity contribution in [3.8, 4) is 0 Å². The number of nitrogens with zero attached hydrogens (tertiary/aromatic N) is 3. The molecule has 0 saturated carbocycles. The second kappa shape index (κ2) is 4.80. The van der Waals surface area contributed by atoms with Gasteiger partial charge in [0.05, 0.1) is 12.2 Å². The summed E-state index contributed by atoms with van der Waals surface area (Å²) in [5, 5.41) is 0. The number of nitrogen functional groups attached to an aromatic ring is 1. The fourth-order valence-corrected chi connectivity index (χ4v) is 5.02. The van der Waals surface area contributed by atoms with Crippen molar-refractivity contribution in [2.24, 2.45) is 0 Å². The summed E-state index contributed by atoms with van der Waals surface area (Å²) in [6.45, 7) is 2.59. The van der Waals surface area contributed by atoms with E-state index in [1.54, 1.807) is 12.3 Å². The molecular weight excluding hydrogens is 296 g/mol. The molecule has 0 atom stereocenters. The van der Waals surface area contributed by atoms with E-state index in [9.17, 15) is 8.42 Å². The summed E-state index contributed by atoms with van der Waals surface area (Å²) in [5.41, 5.74) is 7.22. The summed E-state index contributed by atoms with van der Waals surface area (Å²) in [5.74, 6) is 0.176. The highest BCUT2D eigenvalue weighted by Gasteiger charge is 2.30. The van der Waals surface area contributed by atoms with Gasteiger partial charge < -0.3 is 5.73 Å². The average Bonchev–Trinajstić information content (AvgIpc) is 2.85. The van der Waals surface area contributed by atoms with E-state index in [1.165, 1.54) is 15.6 Å². The second-order valence-corrected chi connectivity index (χ2v) is 8.11. The van der Waals surface area contributed by atoms with Gasteiger partial charge in [0.1, 0.15) is 4.21 Å². The van der Waals surface area contributed by atoms with Gasteiger partial charge in [-0.3, -0.25) is 0 Å². The molecule has 3 heterocycles. The zero-order valence-electron chi connectivity index (χ0n) is 10.9. The Morgan fingerprint density at radius 2 is 2.20 bits per heavy atom. The van der Waals surface area contributed by atoms with Crippen molar-refractivity contribution >= 4 is 27.3 Å². The molecule has 0 saturated heterocycles. The Balaban J connectivity index is 1.93. The molecule has 1 aliphatic heterocycles. The fourth-order valence-electron chi connectivity index (χ4n) is 2.18. The number of thiophene rings is 1. The van der Waals surface area contributed by atoms with Crippen LogP contribution in [0.5, 0.6) is 0 Å². The molecule has 3 rings (SSSR count). The smallest absolute Gasteiger partial charge is 0.252 e. The van der Waals surface area contributed by atoms with Crippen molar-refractivity contribution < 1.29 is 8.42 Å². The number of hydrogen-bond donors (Lipinski definition) is 1. The minimum absolute atomic E-state index is 0.176. The van der Waals surface area contributed by atoms with Crippen LogP contribution in [0.15, 0.2) is 22.5 Å². The molecule has 0 aliphatic carbocycles. The molecule has 20 heavy (non-hydrogen) atoms. The predicted octanol–water partition coefficient (Wildman–Crippen LogP) is 1.18. The van der Waals surface area contributed by atoms with Crippen molar-refractivity contribution in [2.75, 3.05) is 12.3 Å². The number of aryl methyl sites for hydroxylation is 1. The van der Waals surface area contributed by atoms with Crippen molar-refractivity contribution in [3.05, 3.63) is 34.5 Å². The van der Waals surface area contributed by atoms with Crippen LogP contribution in [0.2, 0.25) is 0 Å². The number of rotatable bonds is 2. The van der Waals surface area contributed by atoms with Gasteiger partial charge in [0, 0.05) is 17.6 Å². The Bertz CT molecular complexity index is 755. The van der Waals surface area contributed by atoms with Gasteiger partial charge in [0.2, 0.25) is 5.95 Å². The van der Waals surface area contributed by atoms with E-state index in [2.05, 4.69) is 9.97 Å². The zero-order valence-corrected chi connectivity index (χ0v) is 12.5. The maximum atomic E-state index is 12.6. The Labute approximate surface area is 121 Å².